The Morgan fingerprint density at radius 1 is 1.18 bits per heavy atom. The fraction of sp³-hybridized carbons (Fsp3) is 0.621. The van der Waals surface area contributed by atoms with Crippen LogP contribution in [0.5, 0.6) is 17.2 Å². The molecular weight excluding hydrogens is 500 g/mol. The first-order valence-electron chi connectivity index (χ1n) is 14.1. The van der Waals surface area contributed by atoms with Crippen molar-refractivity contribution in [3.63, 3.8) is 0 Å². The van der Waals surface area contributed by atoms with Gasteiger partial charge in [0.2, 0.25) is 18.4 Å². The van der Waals surface area contributed by atoms with Gasteiger partial charge in [-0.05, 0) is 37.0 Å². The highest BCUT2D eigenvalue weighted by Crippen LogP contribution is 2.47. The number of benzene rings is 1. The Morgan fingerprint density at radius 2 is 1.92 bits per heavy atom. The maximum atomic E-state index is 13.6. The molecule has 1 fully saturated rings. The lowest BCUT2D eigenvalue weighted by Gasteiger charge is -2.29. The van der Waals surface area contributed by atoms with Crippen molar-refractivity contribution in [2.45, 2.75) is 64.3 Å². The van der Waals surface area contributed by atoms with E-state index in [-0.39, 0.29) is 31.2 Å². The molecule has 1 unspecified atom stereocenters. The van der Waals surface area contributed by atoms with Crippen LogP contribution in [0, 0.1) is 5.92 Å². The topological polar surface area (TPSA) is 106 Å². The molecule has 10 heteroatoms. The summed E-state index contributed by atoms with van der Waals surface area (Å²) in [5.41, 5.74) is 0.814. The average molecular weight is 543 g/mol. The Hall–Kier alpha value is -3.27. The lowest BCUT2D eigenvalue weighted by Crippen LogP contribution is -2.45. The molecule has 3 atom stereocenters. The Balaban J connectivity index is 1.64. The van der Waals surface area contributed by atoms with E-state index in [0.717, 1.165) is 50.2 Å². The van der Waals surface area contributed by atoms with Crippen LogP contribution in [0.15, 0.2) is 24.5 Å². The van der Waals surface area contributed by atoms with Crippen molar-refractivity contribution in [1.82, 2.24) is 19.4 Å². The van der Waals surface area contributed by atoms with Crippen LogP contribution in [0.4, 0.5) is 0 Å². The number of aryl methyl sites for hydroxylation is 2. The van der Waals surface area contributed by atoms with Gasteiger partial charge in [0.15, 0.2) is 11.5 Å². The monoisotopic (exact) mass is 542 g/mol. The molecule has 1 aromatic heterocycles. The summed E-state index contributed by atoms with van der Waals surface area (Å²) in [5, 5.41) is 10.5. The van der Waals surface area contributed by atoms with Gasteiger partial charge in [-0.25, -0.2) is 4.98 Å². The first kappa shape index (κ1) is 28.7. The number of carboxylic acid groups (broad SMARTS) is 1. The number of ether oxygens (including phenoxy) is 3. The molecule has 10 nitrogen and oxygen atoms in total. The van der Waals surface area contributed by atoms with Gasteiger partial charge < -0.3 is 28.8 Å². The molecule has 0 spiro atoms. The molecule has 1 N–H and O–H groups in total. The predicted molar refractivity (Wildman–Crippen MR) is 146 cm³/mol. The second kappa shape index (κ2) is 13.2. The van der Waals surface area contributed by atoms with Gasteiger partial charge in [0.05, 0.1) is 19.6 Å². The van der Waals surface area contributed by atoms with Gasteiger partial charge in [0, 0.05) is 57.5 Å². The van der Waals surface area contributed by atoms with Gasteiger partial charge in [0.1, 0.15) is 5.82 Å². The van der Waals surface area contributed by atoms with Crippen LogP contribution in [0.3, 0.4) is 0 Å². The maximum absolute atomic E-state index is 13.6. The van der Waals surface area contributed by atoms with Crippen molar-refractivity contribution < 1.29 is 28.9 Å². The zero-order chi connectivity index (χ0) is 27.9. The molecule has 0 radical (unpaired) electrons. The van der Waals surface area contributed by atoms with E-state index in [1.165, 1.54) is 0 Å². The van der Waals surface area contributed by atoms with Crippen LogP contribution in [-0.4, -0.2) is 82.5 Å². The van der Waals surface area contributed by atoms with Crippen molar-refractivity contribution in [3.8, 4) is 17.2 Å². The molecule has 0 bridgehead atoms. The number of carboxylic acids is 1. The molecule has 2 aliphatic heterocycles. The van der Waals surface area contributed by atoms with Crippen LogP contribution >= 0.6 is 0 Å². The third kappa shape index (κ3) is 6.49. The molecule has 2 aromatic rings. The van der Waals surface area contributed by atoms with Crippen molar-refractivity contribution in [3.05, 3.63) is 35.9 Å². The van der Waals surface area contributed by atoms with Gasteiger partial charge >= 0.3 is 5.97 Å². The standard InChI is InChI=1S/C29H42N4O6/c1-5-7-12-32(13-8-6-2)26(34)18-33-17-21(20-15-23(37-4)28-24(16-20)38-19-39-28)27(29(35)36)22(33)9-10-25-30-11-14-31(25)3/h11,14-16,21-22,27H,5-10,12-13,17-19H2,1-4H3,(H,35,36)/t21-,22+,27?/m1/s1. The van der Waals surface area contributed by atoms with E-state index in [9.17, 15) is 14.7 Å². The van der Waals surface area contributed by atoms with Crippen LogP contribution in [0.25, 0.3) is 0 Å². The van der Waals surface area contributed by atoms with E-state index < -0.39 is 11.9 Å². The lowest BCUT2D eigenvalue weighted by molar-refractivity contribution is -0.143. The van der Waals surface area contributed by atoms with Gasteiger partial charge in [-0.15, -0.1) is 0 Å². The summed E-state index contributed by atoms with van der Waals surface area (Å²) < 4.78 is 18.7. The normalized spacial score (nSPS) is 20.4. The number of fused-ring (bicyclic) bond motifs is 1. The highest BCUT2D eigenvalue weighted by Gasteiger charge is 2.47. The van der Waals surface area contributed by atoms with Crippen LogP contribution in [-0.2, 0) is 23.1 Å². The lowest BCUT2D eigenvalue weighted by atomic mass is 9.83. The van der Waals surface area contributed by atoms with Crippen LogP contribution in [0.2, 0.25) is 0 Å². The zero-order valence-corrected chi connectivity index (χ0v) is 23.6. The molecule has 1 amide bonds. The summed E-state index contributed by atoms with van der Waals surface area (Å²) in [6.07, 6.45) is 8.78. The Kier molecular flexibility index (Phi) is 9.72. The van der Waals surface area contributed by atoms with Gasteiger partial charge in [-0.3, -0.25) is 14.5 Å². The predicted octanol–water partition coefficient (Wildman–Crippen LogP) is 3.69. The Labute approximate surface area is 230 Å². The summed E-state index contributed by atoms with van der Waals surface area (Å²) >= 11 is 0. The first-order chi connectivity index (χ1) is 18.9. The fourth-order valence-electron chi connectivity index (χ4n) is 5.80. The fourth-order valence-corrected chi connectivity index (χ4v) is 5.80. The van der Waals surface area contributed by atoms with E-state index in [1.54, 1.807) is 13.3 Å². The Morgan fingerprint density at radius 3 is 2.54 bits per heavy atom. The van der Waals surface area contributed by atoms with E-state index >= 15 is 0 Å². The molecule has 1 saturated heterocycles. The number of unbranched alkanes of at least 4 members (excludes halogenated alkanes) is 2. The summed E-state index contributed by atoms with van der Waals surface area (Å²) in [7, 11) is 3.50. The molecule has 214 valence electrons. The van der Waals surface area contributed by atoms with E-state index in [0.29, 0.717) is 36.6 Å². The van der Waals surface area contributed by atoms with Crippen molar-refractivity contribution in [1.29, 1.82) is 0 Å². The highest BCUT2D eigenvalue weighted by molar-refractivity contribution is 5.79. The van der Waals surface area contributed by atoms with Gasteiger partial charge in [-0.1, -0.05) is 26.7 Å². The number of imidazole rings is 1. The second-order valence-corrected chi connectivity index (χ2v) is 10.5. The van der Waals surface area contributed by atoms with Crippen molar-refractivity contribution in [2.24, 2.45) is 13.0 Å². The summed E-state index contributed by atoms with van der Waals surface area (Å²) in [6, 6.07) is 3.38. The molecule has 2 aliphatic rings. The SMILES string of the molecule is CCCCN(CCCC)C(=O)CN1C[C@H](c2cc(OC)c3c(c2)OCO3)C(C(=O)O)[C@@H]1CCc1nccn1C. The third-order valence-electron chi connectivity index (χ3n) is 7.98. The number of nitrogens with zero attached hydrogens (tertiary/aromatic N) is 4. The average Bonchev–Trinajstić information content (AvgIpc) is 3.65. The largest absolute Gasteiger partial charge is 0.493 e. The second-order valence-electron chi connectivity index (χ2n) is 10.5. The third-order valence-corrected chi connectivity index (χ3v) is 7.98. The number of hydrogen-bond donors (Lipinski definition) is 1. The number of hydrogen-bond acceptors (Lipinski definition) is 7. The number of carbonyl (C=O) groups is 2. The van der Waals surface area contributed by atoms with Crippen molar-refractivity contribution >= 4 is 11.9 Å². The minimum atomic E-state index is -0.870. The number of carbonyl (C=O) groups excluding carboxylic acids is 1. The van der Waals surface area contributed by atoms with Gasteiger partial charge in [-0.2, -0.15) is 0 Å². The molecule has 0 aliphatic carbocycles. The van der Waals surface area contributed by atoms with E-state index in [1.807, 2.05) is 34.8 Å². The molecule has 0 saturated carbocycles. The number of aliphatic carboxylic acids is 1. The molecule has 3 heterocycles. The summed E-state index contributed by atoms with van der Waals surface area (Å²) in [6.45, 7) is 6.45. The van der Waals surface area contributed by atoms with E-state index in [2.05, 4.69) is 23.7 Å². The summed E-state index contributed by atoms with van der Waals surface area (Å²) in [5.74, 6) is 0.648. The number of aromatic nitrogens is 2. The van der Waals surface area contributed by atoms with Gasteiger partial charge in [0.25, 0.3) is 0 Å². The van der Waals surface area contributed by atoms with E-state index in [4.69, 9.17) is 14.2 Å². The molecule has 4 rings (SSSR count). The number of amides is 1. The Bertz CT molecular complexity index is 1130. The molecule has 39 heavy (non-hydrogen) atoms. The number of likely N-dealkylation sites (tertiary alicyclic amines) is 1. The minimum absolute atomic E-state index is 0.0620. The van der Waals surface area contributed by atoms with Crippen LogP contribution < -0.4 is 14.2 Å². The first-order valence-corrected chi connectivity index (χ1v) is 14.1. The van der Waals surface area contributed by atoms with Crippen molar-refractivity contribution in [2.75, 3.05) is 40.1 Å². The number of rotatable bonds is 14. The minimum Gasteiger partial charge on any atom is -0.493 e. The molecular formula is C29H42N4O6. The van der Waals surface area contributed by atoms with Crippen LogP contribution in [0.1, 0.15) is 63.3 Å². The number of methoxy groups -OCH3 is 1. The quantitative estimate of drug-likeness (QED) is 0.385. The molecule has 1 aromatic carbocycles. The zero-order valence-electron chi connectivity index (χ0n) is 23.6. The smallest absolute Gasteiger partial charge is 0.308 e. The maximum Gasteiger partial charge on any atom is 0.308 e. The summed E-state index contributed by atoms with van der Waals surface area (Å²) in [4.78, 5) is 34.9. The highest BCUT2D eigenvalue weighted by atomic mass is 16.7.